The van der Waals surface area contributed by atoms with Crippen LogP contribution >= 0.6 is 0 Å². The second-order valence-corrected chi connectivity index (χ2v) is 3.97. The van der Waals surface area contributed by atoms with Crippen LogP contribution in [0, 0.1) is 5.92 Å². The summed E-state index contributed by atoms with van der Waals surface area (Å²) in [5.74, 6) is 4.81. The smallest absolute Gasteiger partial charge is 0.237 e. The largest absolute Gasteiger partial charge is 0.301 e. The van der Waals surface area contributed by atoms with Crippen LogP contribution in [0.1, 0.15) is 12.5 Å². The van der Waals surface area contributed by atoms with Gasteiger partial charge in [0.25, 0.3) is 0 Å². The predicted molar refractivity (Wildman–Crippen MR) is 62.1 cm³/mol. The van der Waals surface area contributed by atoms with Gasteiger partial charge in [0.1, 0.15) is 0 Å². The molecule has 1 heterocycles. The number of hydrogen-bond acceptors (Lipinski definition) is 4. The Labute approximate surface area is 95.6 Å². The molecule has 3 N–H and O–H groups in total. The minimum atomic E-state index is -0.141. The lowest BCUT2D eigenvalue weighted by Gasteiger charge is -2.20. The summed E-state index contributed by atoms with van der Waals surface area (Å²) < 4.78 is 0. The Balaban J connectivity index is 2.42. The van der Waals surface area contributed by atoms with E-state index in [2.05, 4.69) is 15.3 Å². The molecule has 0 spiro atoms. The van der Waals surface area contributed by atoms with Gasteiger partial charge in [0, 0.05) is 31.4 Å². The zero-order valence-electron chi connectivity index (χ0n) is 9.68. The van der Waals surface area contributed by atoms with Gasteiger partial charge in [-0.1, -0.05) is 13.0 Å². The molecule has 0 saturated heterocycles. The van der Waals surface area contributed by atoms with Gasteiger partial charge in [-0.3, -0.25) is 15.2 Å². The molecule has 5 nitrogen and oxygen atoms in total. The van der Waals surface area contributed by atoms with E-state index >= 15 is 0 Å². The molecule has 0 bridgehead atoms. The van der Waals surface area contributed by atoms with E-state index < -0.39 is 0 Å². The average Bonchev–Trinajstić information content (AvgIpc) is 2.29. The number of hydrogen-bond donors (Lipinski definition) is 2. The molecule has 0 fully saturated rings. The zero-order chi connectivity index (χ0) is 12.0. The van der Waals surface area contributed by atoms with Crippen molar-refractivity contribution in [1.82, 2.24) is 15.3 Å². The van der Waals surface area contributed by atoms with Crippen molar-refractivity contribution in [3.05, 3.63) is 30.1 Å². The Morgan fingerprint density at radius 3 is 3.00 bits per heavy atom. The number of nitrogens with one attached hydrogen (secondary N) is 1. The summed E-state index contributed by atoms with van der Waals surface area (Å²) in [4.78, 5) is 17.3. The number of aromatic nitrogens is 1. The van der Waals surface area contributed by atoms with Crippen molar-refractivity contribution in [2.45, 2.75) is 13.5 Å². The monoisotopic (exact) mass is 222 g/mol. The van der Waals surface area contributed by atoms with Crippen LogP contribution in [0.15, 0.2) is 24.5 Å². The van der Waals surface area contributed by atoms with Crippen LogP contribution < -0.4 is 11.3 Å². The first-order valence-electron chi connectivity index (χ1n) is 5.21. The van der Waals surface area contributed by atoms with Crippen molar-refractivity contribution in [3.63, 3.8) is 0 Å². The maximum Gasteiger partial charge on any atom is 0.237 e. The van der Waals surface area contributed by atoms with Gasteiger partial charge in [0.15, 0.2) is 0 Å². The van der Waals surface area contributed by atoms with Crippen LogP contribution in [0.5, 0.6) is 0 Å². The first-order valence-corrected chi connectivity index (χ1v) is 5.21. The molecule has 1 aromatic rings. The molecule has 1 unspecified atom stereocenters. The van der Waals surface area contributed by atoms with E-state index in [0.29, 0.717) is 6.54 Å². The van der Waals surface area contributed by atoms with Crippen molar-refractivity contribution in [3.8, 4) is 0 Å². The van der Waals surface area contributed by atoms with Crippen molar-refractivity contribution < 1.29 is 4.79 Å². The number of rotatable bonds is 5. The summed E-state index contributed by atoms with van der Waals surface area (Å²) in [6.07, 6.45) is 3.57. The number of carbonyl (C=O) groups is 1. The van der Waals surface area contributed by atoms with Gasteiger partial charge in [-0.05, 0) is 18.7 Å². The van der Waals surface area contributed by atoms with Crippen LogP contribution in [0.4, 0.5) is 0 Å². The second kappa shape index (κ2) is 6.19. The number of nitrogens with two attached hydrogens (primary N) is 1. The van der Waals surface area contributed by atoms with Crippen LogP contribution in [0.3, 0.4) is 0 Å². The zero-order valence-corrected chi connectivity index (χ0v) is 9.68. The molecular weight excluding hydrogens is 204 g/mol. The Bertz CT molecular complexity index is 328. The minimum absolute atomic E-state index is 0.119. The summed E-state index contributed by atoms with van der Waals surface area (Å²) in [7, 11) is 1.97. The predicted octanol–water partition coefficient (Wildman–Crippen LogP) is 0.139. The molecule has 1 amide bonds. The SMILES string of the molecule is CC(CN(C)Cc1cccnc1)C(=O)NN. The van der Waals surface area contributed by atoms with E-state index in [1.807, 2.05) is 32.3 Å². The van der Waals surface area contributed by atoms with Crippen LogP contribution in [-0.2, 0) is 11.3 Å². The van der Waals surface area contributed by atoms with Crippen molar-refractivity contribution >= 4 is 5.91 Å². The highest BCUT2D eigenvalue weighted by molar-refractivity contribution is 5.77. The molecule has 0 radical (unpaired) electrons. The summed E-state index contributed by atoms with van der Waals surface area (Å²) >= 11 is 0. The quantitative estimate of drug-likeness (QED) is 0.422. The molecule has 0 aliphatic rings. The lowest BCUT2D eigenvalue weighted by Crippen LogP contribution is -2.39. The fourth-order valence-electron chi connectivity index (χ4n) is 1.56. The lowest BCUT2D eigenvalue weighted by molar-refractivity contribution is -0.125. The molecule has 1 rings (SSSR count). The molecule has 0 aliphatic heterocycles. The third-order valence-electron chi connectivity index (χ3n) is 2.35. The highest BCUT2D eigenvalue weighted by Gasteiger charge is 2.13. The van der Waals surface area contributed by atoms with E-state index in [4.69, 9.17) is 5.84 Å². The van der Waals surface area contributed by atoms with Crippen LogP contribution in [-0.4, -0.2) is 29.4 Å². The molecule has 0 aliphatic carbocycles. The van der Waals surface area contributed by atoms with Crippen LogP contribution in [0.2, 0.25) is 0 Å². The molecule has 0 saturated carbocycles. The van der Waals surface area contributed by atoms with E-state index in [1.165, 1.54) is 0 Å². The van der Waals surface area contributed by atoms with Gasteiger partial charge in [-0.25, -0.2) is 5.84 Å². The molecule has 16 heavy (non-hydrogen) atoms. The number of amides is 1. The van der Waals surface area contributed by atoms with Crippen LogP contribution in [0.25, 0.3) is 0 Å². The van der Waals surface area contributed by atoms with Crippen molar-refractivity contribution in [2.75, 3.05) is 13.6 Å². The molecular formula is C11H18N4O. The Morgan fingerprint density at radius 1 is 1.69 bits per heavy atom. The van der Waals surface area contributed by atoms with Gasteiger partial charge in [0.05, 0.1) is 0 Å². The molecule has 5 heteroatoms. The normalized spacial score (nSPS) is 12.5. The molecule has 0 aromatic carbocycles. The van der Waals surface area contributed by atoms with E-state index in [9.17, 15) is 4.79 Å². The van der Waals surface area contributed by atoms with E-state index in [-0.39, 0.29) is 11.8 Å². The minimum Gasteiger partial charge on any atom is -0.301 e. The Morgan fingerprint density at radius 2 is 2.44 bits per heavy atom. The highest BCUT2D eigenvalue weighted by Crippen LogP contribution is 2.04. The number of pyridine rings is 1. The van der Waals surface area contributed by atoms with E-state index in [0.717, 1.165) is 12.1 Å². The lowest BCUT2D eigenvalue weighted by atomic mass is 10.1. The fraction of sp³-hybridized carbons (Fsp3) is 0.455. The average molecular weight is 222 g/mol. The second-order valence-electron chi connectivity index (χ2n) is 3.97. The van der Waals surface area contributed by atoms with E-state index in [1.54, 1.807) is 6.20 Å². The summed E-state index contributed by atoms with van der Waals surface area (Å²) in [5, 5.41) is 0. The summed E-state index contributed by atoms with van der Waals surface area (Å²) in [6, 6.07) is 3.91. The summed E-state index contributed by atoms with van der Waals surface area (Å²) in [5.41, 5.74) is 3.29. The maximum absolute atomic E-state index is 11.2. The summed E-state index contributed by atoms with van der Waals surface area (Å²) in [6.45, 7) is 3.29. The Hall–Kier alpha value is -1.46. The van der Waals surface area contributed by atoms with Gasteiger partial charge in [0.2, 0.25) is 5.91 Å². The van der Waals surface area contributed by atoms with Gasteiger partial charge >= 0.3 is 0 Å². The number of hydrazine groups is 1. The molecule has 1 aromatic heterocycles. The first kappa shape index (κ1) is 12.6. The van der Waals surface area contributed by atoms with Crippen molar-refractivity contribution in [2.24, 2.45) is 11.8 Å². The standard InChI is InChI=1S/C11H18N4O/c1-9(11(16)14-12)7-15(2)8-10-4-3-5-13-6-10/h3-6,9H,7-8,12H2,1-2H3,(H,14,16). The number of nitrogens with zero attached hydrogens (tertiary/aromatic N) is 2. The van der Waals surface area contributed by atoms with Crippen molar-refractivity contribution in [1.29, 1.82) is 0 Å². The van der Waals surface area contributed by atoms with Gasteiger partial charge < -0.3 is 4.90 Å². The maximum atomic E-state index is 11.2. The highest BCUT2D eigenvalue weighted by atomic mass is 16.2. The molecule has 88 valence electrons. The Kier molecular flexibility index (Phi) is 4.88. The molecule has 1 atom stereocenters. The first-order chi connectivity index (χ1) is 7.63. The number of carbonyl (C=O) groups excluding carboxylic acids is 1. The topological polar surface area (TPSA) is 71.2 Å². The third kappa shape index (κ3) is 3.96. The third-order valence-corrected chi connectivity index (χ3v) is 2.35. The van der Waals surface area contributed by atoms with Gasteiger partial charge in [-0.2, -0.15) is 0 Å². The fourth-order valence-corrected chi connectivity index (χ4v) is 1.56. The van der Waals surface area contributed by atoms with Gasteiger partial charge in [-0.15, -0.1) is 0 Å².